The van der Waals surface area contributed by atoms with Crippen LogP contribution in [0, 0.1) is 11.8 Å². The minimum absolute atomic E-state index is 0.0434. The number of fused-ring (bicyclic) bond motifs is 1. The standard InChI is InChI=1S/C14H16ClN3O2/c1-2-17-6-9-7-18(8-10(9)13(17)19)14(20)11-4-3-5-12(15)16-11/h3-5,9-10H,2,6-8H2,1H3/t9-,10+/m1/s1. The molecule has 2 amide bonds. The van der Waals surface area contributed by atoms with Crippen LogP contribution in [0.3, 0.4) is 0 Å². The van der Waals surface area contributed by atoms with Crippen LogP contribution in [0.25, 0.3) is 0 Å². The fraction of sp³-hybridized carbons (Fsp3) is 0.500. The first kappa shape index (κ1) is 13.4. The minimum Gasteiger partial charge on any atom is -0.342 e. The molecule has 5 nitrogen and oxygen atoms in total. The van der Waals surface area contributed by atoms with E-state index in [0.29, 0.717) is 23.9 Å². The van der Waals surface area contributed by atoms with Gasteiger partial charge in [-0.05, 0) is 19.1 Å². The van der Waals surface area contributed by atoms with E-state index >= 15 is 0 Å². The van der Waals surface area contributed by atoms with Crippen LogP contribution in [-0.4, -0.2) is 52.8 Å². The van der Waals surface area contributed by atoms with E-state index < -0.39 is 0 Å². The number of hydrogen-bond acceptors (Lipinski definition) is 3. The molecule has 0 spiro atoms. The van der Waals surface area contributed by atoms with Crippen molar-refractivity contribution >= 4 is 23.4 Å². The highest BCUT2D eigenvalue weighted by Crippen LogP contribution is 2.32. The van der Waals surface area contributed by atoms with Crippen LogP contribution in [0.2, 0.25) is 5.15 Å². The van der Waals surface area contributed by atoms with Gasteiger partial charge in [0.15, 0.2) is 0 Å². The van der Waals surface area contributed by atoms with Crippen molar-refractivity contribution in [1.29, 1.82) is 0 Å². The van der Waals surface area contributed by atoms with Crippen LogP contribution in [-0.2, 0) is 4.79 Å². The summed E-state index contributed by atoms with van der Waals surface area (Å²) in [5.74, 6) is 0.244. The highest BCUT2D eigenvalue weighted by molar-refractivity contribution is 6.29. The molecule has 106 valence electrons. The van der Waals surface area contributed by atoms with Crippen LogP contribution in [0.15, 0.2) is 18.2 Å². The smallest absolute Gasteiger partial charge is 0.272 e. The normalized spacial score (nSPS) is 25.2. The Kier molecular flexibility index (Phi) is 3.38. The topological polar surface area (TPSA) is 53.5 Å². The number of carbonyl (C=O) groups is 2. The molecule has 0 unspecified atom stereocenters. The van der Waals surface area contributed by atoms with E-state index in [9.17, 15) is 9.59 Å². The molecule has 0 saturated carbocycles. The Morgan fingerprint density at radius 1 is 1.40 bits per heavy atom. The average molecular weight is 294 g/mol. The van der Waals surface area contributed by atoms with Crippen molar-refractivity contribution in [3.8, 4) is 0 Å². The lowest BCUT2D eigenvalue weighted by Gasteiger charge is -2.20. The van der Waals surface area contributed by atoms with E-state index in [4.69, 9.17) is 11.6 Å². The molecule has 2 aliphatic rings. The van der Waals surface area contributed by atoms with Gasteiger partial charge >= 0.3 is 0 Å². The molecule has 2 aliphatic heterocycles. The first-order valence-corrected chi connectivity index (χ1v) is 7.18. The second-order valence-corrected chi connectivity index (χ2v) is 5.69. The second-order valence-electron chi connectivity index (χ2n) is 5.30. The predicted octanol–water partition coefficient (Wildman–Crippen LogP) is 1.29. The van der Waals surface area contributed by atoms with Crippen molar-refractivity contribution in [1.82, 2.24) is 14.8 Å². The third kappa shape index (κ3) is 2.16. The molecule has 0 N–H and O–H groups in total. The van der Waals surface area contributed by atoms with Crippen LogP contribution in [0.5, 0.6) is 0 Å². The van der Waals surface area contributed by atoms with Gasteiger partial charge in [-0.2, -0.15) is 0 Å². The molecule has 2 atom stereocenters. The van der Waals surface area contributed by atoms with Gasteiger partial charge in [-0.1, -0.05) is 17.7 Å². The van der Waals surface area contributed by atoms with Crippen molar-refractivity contribution in [3.05, 3.63) is 29.0 Å². The quantitative estimate of drug-likeness (QED) is 0.772. The summed E-state index contributed by atoms with van der Waals surface area (Å²) in [5, 5.41) is 0.309. The molecule has 3 rings (SSSR count). The van der Waals surface area contributed by atoms with E-state index in [2.05, 4.69) is 4.98 Å². The zero-order valence-electron chi connectivity index (χ0n) is 11.3. The van der Waals surface area contributed by atoms with Gasteiger partial charge in [0.05, 0.1) is 5.92 Å². The number of likely N-dealkylation sites (tertiary alicyclic amines) is 2. The maximum atomic E-state index is 12.4. The van der Waals surface area contributed by atoms with E-state index in [1.807, 2.05) is 11.8 Å². The summed E-state index contributed by atoms with van der Waals surface area (Å²) in [7, 11) is 0. The third-order valence-electron chi connectivity index (χ3n) is 4.13. The zero-order chi connectivity index (χ0) is 14.3. The average Bonchev–Trinajstić information content (AvgIpc) is 2.98. The van der Waals surface area contributed by atoms with Crippen molar-refractivity contribution in [3.63, 3.8) is 0 Å². The van der Waals surface area contributed by atoms with Gasteiger partial charge in [0.25, 0.3) is 5.91 Å². The summed E-state index contributed by atoms with van der Waals surface area (Å²) in [6.45, 7) is 4.60. The number of halogens is 1. The number of rotatable bonds is 2. The Morgan fingerprint density at radius 3 is 2.85 bits per heavy atom. The first-order chi connectivity index (χ1) is 9.60. The van der Waals surface area contributed by atoms with E-state index in [1.54, 1.807) is 23.1 Å². The van der Waals surface area contributed by atoms with Gasteiger partial charge in [-0.3, -0.25) is 9.59 Å². The fourth-order valence-electron chi connectivity index (χ4n) is 3.08. The largest absolute Gasteiger partial charge is 0.342 e. The van der Waals surface area contributed by atoms with Crippen LogP contribution >= 0.6 is 11.6 Å². The lowest BCUT2D eigenvalue weighted by Crippen LogP contribution is -2.35. The molecular formula is C14H16ClN3O2. The summed E-state index contributed by atoms with van der Waals surface area (Å²) in [5.41, 5.74) is 0.345. The van der Waals surface area contributed by atoms with Gasteiger partial charge in [-0.25, -0.2) is 4.98 Å². The molecule has 0 bridgehead atoms. The maximum Gasteiger partial charge on any atom is 0.272 e. The van der Waals surface area contributed by atoms with Crippen molar-refractivity contribution in [2.45, 2.75) is 6.92 Å². The highest BCUT2D eigenvalue weighted by Gasteiger charge is 2.47. The summed E-state index contributed by atoms with van der Waals surface area (Å²) in [4.78, 5) is 32.1. The molecule has 2 fully saturated rings. The lowest BCUT2D eigenvalue weighted by molar-refractivity contribution is -0.130. The number of aromatic nitrogens is 1. The Bertz CT molecular complexity index is 563. The van der Waals surface area contributed by atoms with Gasteiger partial charge in [-0.15, -0.1) is 0 Å². The number of hydrogen-bond donors (Lipinski definition) is 0. The number of nitrogens with zero attached hydrogens (tertiary/aromatic N) is 3. The number of carbonyl (C=O) groups excluding carboxylic acids is 2. The molecule has 3 heterocycles. The van der Waals surface area contributed by atoms with Crippen LogP contribution in [0.4, 0.5) is 0 Å². The molecular weight excluding hydrogens is 278 g/mol. The number of pyridine rings is 1. The maximum absolute atomic E-state index is 12.4. The minimum atomic E-state index is -0.141. The third-order valence-corrected chi connectivity index (χ3v) is 4.34. The second kappa shape index (κ2) is 5.05. The zero-order valence-corrected chi connectivity index (χ0v) is 12.0. The van der Waals surface area contributed by atoms with Gasteiger partial charge in [0.2, 0.25) is 5.91 Å². The molecule has 1 aromatic heterocycles. The fourth-order valence-corrected chi connectivity index (χ4v) is 3.25. The van der Waals surface area contributed by atoms with Crippen molar-refractivity contribution < 1.29 is 9.59 Å². The van der Waals surface area contributed by atoms with Gasteiger partial charge in [0, 0.05) is 32.1 Å². The summed E-state index contributed by atoms with van der Waals surface area (Å²) in [6, 6.07) is 5.01. The predicted molar refractivity (Wildman–Crippen MR) is 74.4 cm³/mol. The molecule has 6 heteroatoms. The molecule has 0 aliphatic carbocycles. The molecule has 0 aromatic carbocycles. The van der Waals surface area contributed by atoms with Gasteiger partial charge < -0.3 is 9.80 Å². The van der Waals surface area contributed by atoms with Crippen molar-refractivity contribution in [2.24, 2.45) is 11.8 Å². The summed E-state index contributed by atoms with van der Waals surface area (Å²) in [6.07, 6.45) is 0. The molecule has 1 aromatic rings. The Labute approximate surface area is 122 Å². The van der Waals surface area contributed by atoms with E-state index in [0.717, 1.165) is 13.1 Å². The summed E-state index contributed by atoms with van der Waals surface area (Å²) < 4.78 is 0. The lowest BCUT2D eigenvalue weighted by atomic mass is 10.0. The molecule has 2 saturated heterocycles. The van der Waals surface area contributed by atoms with Crippen LogP contribution in [0.1, 0.15) is 17.4 Å². The first-order valence-electron chi connectivity index (χ1n) is 6.80. The monoisotopic (exact) mass is 293 g/mol. The SMILES string of the molecule is CCN1C[C@@H]2CN(C(=O)c3cccc(Cl)n3)C[C@@H]2C1=O. The Balaban J connectivity index is 1.73. The number of amides is 2. The summed E-state index contributed by atoms with van der Waals surface area (Å²) >= 11 is 5.81. The van der Waals surface area contributed by atoms with E-state index in [-0.39, 0.29) is 23.7 Å². The molecule has 0 radical (unpaired) electrons. The highest BCUT2D eigenvalue weighted by atomic mass is 35.5. The van der Waals surface area contributed by atoms with Crippen molar-refractivity contribution in [2.75, 3.05) is 26.2 Å². The van der Waals surface area contributed by atoms with Gasteiger partial charge in [0.1, 0.15) is 10.8 Å². The Hall–Kier alpha value is -1.62. The van der Waals surface area contributed by atoms with Crippen LogP contribution < -0.4 is 0 Å². The Morgan fingerprint density at radius 2 is 2.20 bits per heavy atom. The molecule has 20 heavy (non-hydrogen) atoms. The van der Waals surface area contributed by atoms with E-state index in [1.165, 1.54) is 0 Å².